The van der Waals surface area contributed by atoms with Gasteiger partial charge in [-0.2, -0.15) is 0 Å². The Morgan fingerprint density at radius 3 is 1.62 bits per heavy atom. The van der Waals surface area contributed by atoms with E-state index >= 15 is 0 Å². The maximum atomic E-state index is 10.3. The molecule has 0 bridgehead atoms. The van der Waals surface area contributed by atoms with E-state index in [1.54, 1.807) is 0 Å². The summed E-state index contributed by atoms with van der Waals surface area (Å²) in [6.07, 6.45) is -0.258. The number of hydrogen-bond donors (Lipinski definition) is 0. The van der Waals surface area contributed by atoms with Crippen LogP contribution in [0.3, 0.4) is 0 Å². The van der Waals surface area contributed by atoms with E-state index in [9.17, 15) is 9.59 Å². The Bertz CT molecular complexity index is 240. The molecule has 2 aliphatic rings. The minimum atomic E-state index is -0.547. The summed E-state index contributed by atoms with van der Waals surface area (Å²) in [4.78, 5) is 20.3. The van der Waals surface area contributed by atoms with E-state index in [0.29, 0.717) is 26.4 Å². The van der Waals surface area contributed by atoms with E-state index in [1.807, 2.05) is 13.8 Å². The molecular formula is C10H16O6. The van der Waals surface area contributed by atoms with Crippen LogP contribution in [0.1, 0.15) is 20.3 Å². The summed E-state index contributed by atoms with van der Waals surface area (Å²) in [5, 5.41) is 0. The molecule has 0 radical (unpaired) electrons. The van der Waals surface area contributed by atoms with Crippen molar-refractivity contribution < 1.29 is 28.5 Å². The Hall–Kier alpha value is -1.46. The molecule has 0 atom stereocenters. The molecule has 0 N–H and O–H groups in total. The molecule has 0 aliphatic carbocycles. The van der Waals surface area contributed by atoms with Gasteiger partial charge in [0, 0.05) is 11.8 Å². The Morgan fingerprint density at radius 2 is 1.31 bits per heavy atom. The number of carbonyl (C=O) groups is 2. The SMILES string of the molecule is CC1(C)COC(=O)OC1.O=C1OCCCO1. The predicted molar refractivity (Wildman–Crippen MR) is 53.0 cm³/mol. The molecule has 2 heterocycles. The molecule has 2 fully saturated rings. The van der Waals surface area contributed by atoms with Gasteiger partial charge in [0.25, 0.3) is 0 Å². The lowest BCUT2D eigenvalue weighted by Crippen LogP contribution is -2.34. The monoisotopic (exact) mass is 232 g/mol. The highest BCUT2D eigenvalue weighted by molar-refractivity contribution is 5.60. The van der Waals surface area contributed by atoms with Crippen molar-refractivity contribution in [3.63, 3.8) is 0 Å². The highest BCUT2D eigenvalue weighted by atomic mass is 16.7. The van der Waals surface area contributed by atoms with Crippen LogP contribution in [0.2, 0.25) is 0 Å². The second-order valence-electron chi connectivity index (χ2n) is 4.29. The van der Waals surface area contributed by atoms with Crippen LogP contribution in [-0.4, -0.2) is 38.7 Å². The second kappa shape index (κ2) is 5.58. The number of hydrogen-bond acceptors (Lipinski definition) is 6. The molecular weight excluding hydrogens is 216 g/mol. The molecule has 2 saturated heterocycles. The third-order valence-electron chi connectivity index (χ3n) is 1.89. The molecule has 0 saturated carbocycles. The van der Waals surface area contributed by atoms with Gasteiger partial charge in [-0.25, -0.2) is 9.59 Å². The van der Waals surface area contributed by atoms with Crippen molar-refractivity contribution in [2.45, 2.75) is 20.3 Å². The van der Waals surface area contributed by atoms with Gasteiger partial charge in [-0.1, -0.05) is 13.8 Å². The van der Waals surface area contributed by atoms with Crippen molar-refractivity contribution in [3.05, 3.63) is 0 Å². The predicted octanol–water partition coefficient (Wildman–Crippen LogP) is 1.72. The van der Waals surface area contributed by atoms with Crippen molar-refractivity contribution >= 4 is 12.3 Å². The number of carbonyl (C=O) groups excluding carboxylic acids is 2. The highest BCUT2D eigenvalue weighted by Gasteiger charge is 2.27. The molecule has 0 aromatic rings. The van der Waals surface area contributed by atoms with Crippen LogP contribution in [0, 0.1) is 5.41 Å². The normalized spacial score (nSPS) is 22.6. The zero-order chi connectivity index (χ0) is 12.0. The van der Waals surface area contributed by atoms with Gasteiger partial charge >= 0.3 is 12.3 Å². The van der Waals surface area contributed by atoms with Crippen molar-refractivity contribution in [2.24, 2.45) is 5.41 Å². The van der Waals surface area contributed by atoms with Gasteiger partial charge in [0.1, 0.15) is 13.2 Å². The molecule has 0 amide bonds. The number of ether oxygens (including phenoxy) is 4. The molecule has 0 aromatic carbocycles. The highest BCUT2D eigenvalue weighted by Crippen LogP contribution is 2.20. The Kier molecular flexibility index (Phi) is 4.39. The van der Waals surface area contributed by atoms with E-state index in [2.05, 4.69) is 18.9 Å². The summed E-state index contributed by atoms with van der Waals surface area (Å²) >= 11 is 0. The van der Waals surface area contributed by atoms with E-state index in [1.165, 1.54) is 0 Å². The molecule has 6 heteroatoms. The summed E-state index contributed by atoms with van der Waals surface area (Å²) in [6.45, 7) is 5.92. The zero-order valence-electron chi connectivity index (χ0n) is 9.49. The Balaban J connectivity index is 0.000000165. The van der Waals surface area contributed by atoms with Crippen LogP contribution in [0.25, 0.3) is 0 Å². The van der Waals surface area contributed by atoms with E-state index in [4.69, 9.17) is 0 Å². The summed E-state index contributed by atoms with van der Waals surface area (Å²) in [7, 11) is 0. The number of cyclic esters (lactones) is 4. The Labute approximate surface area is 93.8 Å². The third kappa shape index (κ3) is 4.86. The molecule has 92 valence electrons. The van der Waals surface area contributed by atoms with Gasteiger partial charge in [-0.15, -0.1) is 0 Å². The fourth-order valence-corrected chi connectivity index (χ4v) is 1.00. The maximum Gasteiger partial charge on any atom is 0.508 e. The maximum absolute atomic E-state index is 10.3. The third-order valence-corrected chi connectivity index (χ3v) is 1.89. The molecule has 16 heavy (non-hydrogen) atoms. The van der Waals surface area contributed by atoms with Gasteiger partial charge in [-0.05, 0) is 0 Å². The van der Waals surface area contributed by atoms with Crippen LogP contribution >= 0.6 is 0 Å². The quantitative estimate of drug-likeness (QED) is 0.592. The lowest BCUT2D eigenvalue weighted by molar-refractivity contribution is -0.0445. The molecule has 6 nitrogen and oxygen atoms in total. The number of rotatable bonds is 0. The summed E-state index contributed by atoms with van der Waals surface area (Å²) in [5.41, 5.74) is -0.00604. The second-order valence-corrected chi connectivity index (χ2v) is 4.29. The average molecular weight is 232 g/mol. The van der Waals surface area contributed by atoms with Crippen LogP contribution in [-0.2, 0) is 18.9 Å². The standard InChI is InChI=1S/C6H10O3.C4H6O3/c1-6(2)3-8-5(7)9-4-6;5-4-6-2-1-3-7-4/h3-4H2,1-2H3;1-3H2. The molecule has 2 aliphatic heterocycles. The first-order valence-corrected chi connectivity index (χ1v) is 5.09. The summed E-state index contributed by atoms with van der Waals surface area (Å²) < 4.78 is 18.1. The van der Waals surface area contributed by atoms with Crippen molar-refractivity contribution in [1.29, 1.82) is 0 Å². The molecule has 0 spiro atoms. The largest absolute Gasteiger partial charge is 0.508 e. The first-order valence-electron chi connectivity index (χ1n) is 5.09. The zero-order valence-corrected chi connectivity index (χ0v) is 9.49. The van der Waals surface area contributed by atoms with Crippen molar-refractivity contribution in [3.8, 4) is 0 Å². The lowest BCUT2D eigenvalue weighted by atomic mass is 9.96. The smallest absolute Gasteiger partial charge is 0.434 e. The molecule has 2 rings (SSSR count). The van der Waals surface area contributed by atoms with Crippen molar-refractivity contribution in [2.75, 3.05) is 26.4 Å². The van der Waals surface area contributed by atoms with Crippen LogP contribution in [0.5, 0.6) is 0 Å². The van der Waals surface area contributed by atoms with Gasteiger partial charge in [0.05, 0.1) is 13.2 Å². The van der Waals surface area contributed by atoms with Gasteiger partial charge in [0.15, 0.2) is 0 Å². The fourth-order valence-electron chi connectivity index (χ4n) is 1.00. The van der Waals surface area contributed by atoms with Crippen molar-refractivity contribution in [1.82, 2.24) is 0 Å². The van der Waals surface area contributed by atoms with Crippen LogP contribution in [0.4, 0.5) is 9.59 Å². The van der Waals surface area contributed by atoms with Gasteiger partial charge < -0.3 is 18.9 Å². The summed E-state index contributed by atoms with van der Waals surface area (Å²) in [5.74, 6) is 0. The van der Waals surface area contributed by atoms with E-state index in [-0.39, 0.29) is 5.41 Å². The van der Waals surface area contributed by atoms with Gasteiger partial charge in [-0.3, -0.25) is 0 Å². The first kappa shape index (κ1) is 12.6. The lowest BCUT2D eigenvalue weighted by Gasteiger charge is -2.27. The van der Waals surface area contributed by atoms with E-state index < -0.39 is 12.3 Å². The van der Waals surface area contributed by atoms with Gasteiger partial charge in [0.2, 0.25) is 0 Å². The molecule has 0 unspecified atom stereocenters. The first-order chi connectivity index (χ1) is 7.49. The topological polar surface area (TPSA) is 71.1 Å². The minimum Gasteiger partial charge on any atom is -0.434 e. The molecule has 0 aromatic heterocycles. The summed E-state index contributed by atoms with van der Waals surface area (Å²) in [6, 6.07) is 0. The minimum absolute atomic E-state index is 0.00604. The average Bonchev–Trinajstić information content (AvgIpc) is 2.25. The van der Waals surface area contributed by atoms with E-state index in [0.717, 1.165) is 6.42 Å². The van der Waals surface area contributed by atoms with Crippen LogP contribution < -0.4 is 0 Å². The fraction of sp³-hybridized carbons (Fsp3) is 0.800. The Morgan fingerprint density at radius 1 is 0.875 bits per heavy atom. The van der Waals surface area contributed by atoms with Crippen LogP contribution in [0.15, 0.2) is 0 Å².